The molecule has 0 bridgehead atoms. The lowest BCUT2D eigenvalue weighted by Crippen LogP contribution is -2.05. The molecular weight excluding hydrogens is 310 g/mol. The summed E-state index contributed by atoms with van der Waals surface area (Å²) >= 11 is 6.21. The molecule has 0 saturated carbocycles. The maximum Gasteiger partial charge on any atom is 0.204 e. The molecular formula is C17H14ClN5. The van der Waals surface area contributed by atoms with Gasteiger partial charge >= 0.3 is 0 Å². The summed E-state index contributed by atoms with van der Waals surface area (Å²) in [5.41, 5.74) is 3.62. The number of para-hydroxylation sites is 2. The lowest BCUT2D eigenvalue weighted by Gasteiger charge is -2.10. The quantitative estimate of drug-likeness (QED) is 0.622. The average molecular weight is 324 g/mol. The third-order valence-electron chi connectivity index (χ3n) is 3.80. The lowest BCUT2D eigenvalue weighted by atomic mass is 10.2. The third-order valence-corrected chi connectivity index (χ3v) is 4.16. The van der Waals surface area contributed by atoms with Gasteiger partial charge in [0, 0.05) is 11.6 Å². The average Bonchev–Trinajstić information content (AvgIpc) is 2.96. The standard InChI is InChI=1S/C17H14ClN5/c1-11-21-22-17-16(19-10-12-6-2-3-7-13(12)18)20-14-8-4-5-9-15(14)23(11)17/h2-9H,10H2,1H3,(H,19,20). The number of anilines is 1. The number of hydrogen-bond acceptors (Lipinski definition) is 4. The highest BCUT2D eigenvalue weighted by molar-refractivity contribution is 6.31. The van der Waals surface area contributed by atoms with Gasteiger partial charge in [-0.05, 0) is 30.7 Å². The molecule has 0 unspecified atom stereocenters. The molecule has 23 heavy (non-hydrogen) atoms. The number of halogens is 1. The summed E-state index contributed by atoms with van der Waals surface area (Å²) in [7, 11) is 0. The molecule has 2 aromatic carbocycles. The van der Waals surface area contributed by atoms with E-state index in [1.165, 1.54) is 0 Å². The predicted molar refractivity (Wildman–Crippen MR) is 91.8 cm³/mol. The number of fused-ring (bicyclic) bond motifs is 3. The van der Waals surface area contributed by atoms with Gasteiger partial charge in [-0.25, -0.2) is 4.98 Å². The zero-order valence-electron chi connectivity index (χ0n) is 12.5. The van der Waals surface area contributed by atoms with Crippen LogP contribution in [0.4, 0.5) is 5.82 Å². The largest absolute Gasteiger partial charge is 0.363 e. The van der Waals surface area contributed by atoms with Crippen molar-refractivity contribution in [2.24, 2.45) is 0 Å². The van der Waals surface area contributed by atoms with Crippen LogP contribution in [-0.4, -0.2) is 19.6 Å². The van der Waals surface area contributed by atoms with Gasteiger partial charge in [-0.15, -0.1) is 10.2 Å². The first-order valence-electron chi connectivity index (χ1n) is 7.32. The minimum Gasteiger partial charge on any atom is -0.363 e. The van der Waals surface area contributed by atoms with Crippen molar-refractivity contribution in [1.29, 1.82) is 0 Å². The highest BCUT2D eigenvalue weighted by Crippen LogP contribution is 2.23. The first-order chi connectivity index (χ1) is 11.2. The van der Waals surface area contributed by atoms with E-state index in [1.54, 1.807) is 0 Å². The number of aryl methyl sites for hydroxylation is 1. The van der Waals surface area contributed by atoms with Gasteiger partial charge in [-0.2, -0.15) is 0 Å². The Hall–Kier alpha value is -2.66. The Balaban J connectivity index is 1.81. The predicted octanol–water partition coefficient (Wildman–Crippen LogP) is 3.85. The van der Waals surface area contributed by atoms with E-state index in [9.17, 15) is 0 Å². The second-order valence-corrected chi connectivity index (χ2v) is 5.71. The molecule has 6 heteroatoms. The first kappa shape index (κ1) is 14.0. The van der Waals surface area contributed by atoms with Crippen LogP contribution in [0.2, 0.25) is 5.02 Å². The normalized spacial score (nSPS) is 11.2. The number of nitrogens with one attached hydrogen (secondary N) is 1. The highest BCUT2D eigenvalue weighted by Gasteiger charge is 2.12. The summed E-state index contributed by atoms with van der Waals surface area (Å²) in [6.45, 7) is 2.51. The van der Waals surface area contributed by atoms with E-state index >= 15 is 0 Å². The van der Waals surface area contributed by atoms with Crippen LogP contribution in [0.25, 0.3) is 16.7 Å². The van der Waals surface area contributed by atoms with Crippen molar-refractivity contribution in [2.45, 2.75) is 13.5 Å². The molecule has 2 aromatic heterocycles. The van der Waals surface area contributed by atoms with Gasteiger partial charge in [0.25, 0.3) is 0 Å². The van der Waals surface area contributed by atoms with E-state index in [1.807, 2.05) is 59.9 Å². The first-order valence-corrected chi connectivity index (χ1v) is 7.69. The van der Waals surface area contributed by atoms with E-state index in [2.05, 4.69) is 20.5 Å². The van der Waals surface area contributed by atoms with Crippen LogP contribution in [0.1, 0.15) is 11.4 Å². The molecule has 0 fully saturated rings. The molecule has 1 N–H and O–H groups in total. The van der Waals surface area contributed by atoms with E-state index in [-0.39, 0.29) is 0 Å². The molecule has 4 rings (SSSR count). The Labute approximate surface area is 137 Å². The number of nitrogens with zero attached hydrogens (tertiary/aromatic N) is 4. The fourth-order valence-corrected chi connectivity index (χ4v) is 2.86. The van der Waals surface area contributed by atoms with Crippen LogP contribution in [-0.2, 0) is 6.54 Å². The van der Waals surface area contributed by atoms with Crippen molar-refractivity contribution in [3.63, 3.8) is 0 Å². The maximum absolute atomic E-state index is 6.21. The van der Waals surface area contributed by atoms with Crippen molar-refractivity contribution in [3.8, 4) is 0 Å². The van der Waals surface area contributed by atoms with Crippen LogP contribution in [0, 0.1) is 6.92 Å². The topological polar surface area (TPSA) is 55.1 Å². The lowest BCUT2D eigenvalue weighted by molar-refractivity contribution is 1.02. The Morgan fingerprint density at radius 3 is 2.70 bits per heavy atom. The summed E-state index contributed by atoms with van der Waals surface area (Å²) < 4.78 is 2.01. The van der Waals surface area contributed by atoms with Gasteiger partial charge in [-0.3, -0.25) is 4.40 Å². The van der Waals surface area contributed by atoms with Crippen molar-refractivity contribution >= 4 is 34.1 Å². The molecule has 0 aliphatic heterocycles. The van der Waals surface area contributed by atoms with Gasteiger partial charge in [-0.1, -0.05) is 41.9 Å². The highest BCUT2D eigenvalue weighted by atomic mass is 35.5. The smallest absolute Gasteiger partial charge is 0.204 e. The SMILES string of the molecule is Cc1nnc2c(NCc3ccccc3Cl)nc3ccccc3n12. The Morgan fingerprint density at radius 1 is 1.04 bits per heavy atom. The van der Waals surface area contributed by atoms with Crippen LogP contribution in [0.15, 0.2) is 48.5 Å². The van der Waals surface area contributed by atoms with Gasteiger partial charge in [0.1, 0.15) is 5.82 Å². The van der Waals surface area contributed by atoms with E-state index in [0.29, 0.717) is 18.0 Å². The van der Waals surface area contributed by atoms with Crippen LogP contribution in [0.5, 0.6) is 0 Å². The molecule has 0 atom stereocenters. The molecule has 5 nitrogen and oxygen atoms in total. The van der Waals surface area contributed by atoms with Gasteiger partial charge in [0.15, 0.2) is 5.82 Å². The van der Waals surface area contributed by atoms with Crippen LogP contribution < -0.4 is 5.32 Å². The summed E-state index contributed by atoms with van der Waals surface area (Å²) in [6.07, 6.45) is 0. The van der Waals surface area contributed by atoms with Crippen molar-refractivity contribution in [1.82, 2.24) is 19.6 Å². The Morgan fingerprint density at radius 2 is 1.83 bits per heavy atom. The number of rotatable bonds is 3. The zero-order chi connectivity index (χ0) is 15.8. The number of aromatic nitrogens is 4. The fourth-order valence-electron chi connectivity index (χ4n) is 2.66. The van der Waals surface area contributed by atoms with E-state index < -0.39 is 0 Å². The second-order valence-electron chi connectivity index (χ2n) is 5.30. The van der Waals surface area contributed by atoms with Crippen molar-refractivity contribution in [2.75, 3.05) is 5.32 Å². The molecule has 0 amide bonds. The summed E-state index contributed by atoms with van der Waals surface area (Å²) in [5, 5.41) is 12.5. The van der Waals surface area contributed by atoms with Crippen LogP contribution >= 0.6 is 11.6 Å². The number of hydrogen-bond donors (Lipinski definition) is 1. The minimum atomic E-state index is 0.576. The summed E-state index contributed by atoms with van der Waals surface area (Å²) in [4.78, 5) is 4.68. The van der Waals surface area contributed by atoms with Gasteiger partial charge < -0.3 is 5.32 Å². The Kier molecular flexibility index (Phi) is 3.35. The van der Waals surface area contributed by atoms with E-state index in [0.717, 1.165) is 27.4 Å². The molecule has 0 saturated heterocycles. The maximum atomic E-state index is 6.21. The minimum absolute atomic E-state index is 0.576. The fraction of sp³-hybridized carbons (Fsp3) is 0.118. The molecule has 0 spiro atoms. The second kappa shape index (κ2) is 5.52. The van der Waals surface area contributed by atoms with Crippen molar-refractivity contribution < 1.29 is 0 Å². The van der Waals surface area contributed by atoms with Crippen molar-refractivity contribution in [3.05, 3.63) is 64.9 Å². The molecule has 0 aliphatic carbocycles. The van der Waals surface area contributed by atoms with Gasteiger partial charge in [0.2, 0.25) is 5.65 Å². The number of benzene rings is 2. The summed E-state index contributed by atoms with van der Waals surface area (Å²) in [6, 6.07) is 15.7. The molecule has 114 valence electrons. The third kappa shape index (κ3) is 2.39. The zero-order valence-corrected chi connectivity index (χ0v) is 13.2. The molecule has 0 radical (unpaired) electrons. The molecule has 2 heterocycles. The monoisotopic (exact) mass is 323 g/mol. The molecule has 0 aliphatic rings. The molecule has 4 aromatic rings. The Bertz CT molecular complexity index is 1010. The summed E-state index contributed by atoms with van der Waals surface area (Å²) in [5.74, 6) is 1.53. The van der Waals surface area contributed by atoms with Gasteiger partial charge in [0.05, 0.1) is 11.0 Å². The van der Waals surface area contributed by atoms with E-state index in [4.69, 9.17) is 11.6 Å². The van der Waals surface area contributed by atoms with Crippen LogP contribution in [0.3, 0.4) is 0 Å².